The Hall–Kier alpha value is -1.17. The normalized spacial score (nSPS) is 22.2. The van der Waals surface area contributed by atoms with Gasteiger partial charge in [-0.15, -0.1) is 0 Å². The maximum atomic E-state index is 12.5. The van der Waals surface area contributed by atoms with Crippen LogP contribution in [-0.2, 0) is 19.3 Å². The standard InChI is InChI=1S/C15H20F3N3/c1-9-12-6-10(8-19-11-3-4-11)2-5-13(12)21-14(20-9)7-15(16,17)18/h10-11,19H,2-8H2,1H3. The van der Waals surface area contributed by atoms with E-state index in [2.05, 4.69) is 15.3 Å². The minimum Gasteiger partial charge on any atom is -0.314 e. The monoisotopic (exact) mass is 299 g/mol. The quantitative estimate of drug-likeness (QED) is 0.929. The van der Waals surface area contributed by atoms with Gasteiger partial charge in [0.25, 0.3) is 0 Å². The number of aromatic nitrogens is 2. The summed E-state index contributed by atoms with van der Waals surface area (Å²) in [6, 6.07) is 0.693. The zero-order valence-electron chi connectivity index (χ0n) is 12.1. The van der Waals surface area contributed by atoms with E-state index in [0.29, 0.717) is 12.0 Å². The van der Waals surface area contributed by atoms with Gasteiger partial charge in [0.05, 0.1) is 0 Å². The molecule has 3 rings (SSSR count). The Labute approximate surface area is 122 Å². The lowest BCUT2D eigenvalue weighted by Gasteiger charge is -2.25. The van der Waals surface area contributed by atoms with E-state index in [9.17, 15) is 13.2 Å². The van der Waals surface area contributed by atoms with Crippen molar-refractivity contribution in [3.63, 3.8) is 0 Å². The average molecular weight is 299 g/mol. The molecule has 0 amide bonds. The highest BCUT2D eigenvalue weighted by molar-refractivity contribution is 5.28. The summed E-state index contributed by atoms with van der Waals surface area (Å²) in [5.74, 6) is 0.460. The van der Waals surface area contributed by atoms with Gasteiger partial charge in [0.15, 0.2) is 0 Å². The summed E-state index contributed by atoms with van der Waals surface area (Å²) in [6.07, 6.45) is -0.0965. The second kappa shape index (κ2) is 5.55. The van der Waals surface area contributed by atoms with Crippen LogP contribution in [0.1, 0.15) is 42.0 Å². The smallest absolute Gasteiger partial charge is 0.314 e. The highest BCUT2D eigenvalue weighted by Gasteiger charge is 2.31. The zero-order valence-corrected chi connectivity index (χ0v) is 12.1. The van der Waals surface area contributed by atoms with E-state index in [1.54, 1.807) is 6.92 Å². The van der Waals surface area contributed by atoms with Gasteiger partial charge in [-0.05, 0) is 57.1 Å². The van der Waals surface area contributed by atoms with Crippen LogP contribution in [0.4, 0.5) is 13.2 Å². The van der Waals surface area contributed by atoms with Crippen molar-refractivity contribution in [3.8, 4) is 0 Å². The Morgan fingerprint density at radius 2 is 1.95 bits per heavy atom. The van der Waals surface area contributed by atoms with E-state index in [0.717, 1.165) is 42.8 Å². The summed E-state index contributed by atoms with van der Waals surface area (Å²) in [6.45, 7) is 2.80. The van der Waals surface area contributed by atoms with Gasteiger partial charge in [0, 0.05) is 17.4 Å². The summed E-state index contributed by atoms with van der Waals surface area (Å²) in [7, 11) is 0. The van der Waals surface area contributed by atoms with Gasteiger partial charge in [-0.25, -0.2) is 9.97 Å². The lowest BCUT2D eigenvalue weighted by Crippen LogP contribution is -2.30. The van der Waals surface area contributed by atoms with Gasteiger partial charge in [-0.1, -0.05) is 0 Å². The second-order valence-corrected chi connectivity index (χ2v) is 6.23. The first kappa shape index (κ1) is 14.8. The molecule has 1 aromatic rings. The van der Waals surface area contributed by atoms with E-state index in [1.165, 1.54) is 12.8 Å². The lowest BCUT2D eigenvalue weighted by molar-refractivity contribution is -0.128. The molecule has 1 saturated carbocycles. The van der Waals surface area contributed by atoms with Gasteiger partial charge in [-0.3, -0.25) is 0 Å². The Morgan fingerprint density at radius 1 is 1.19 bits per heavy atom. The molecule has 6 heteroatoms. The Balaban J connectivity index is 1.70. The number of rotatable bonds is 4. The molecular formula is C15H20F3N3. The first-order valence-corrected chi connectivity index (χ1v) is 7.56. The summed E-state index contributed by atoms with van der Waals surface area (Å²) in [5, 5.41) is 3.53. The molecule has 1 heterocycles. The molecule has 2 aliphatic carbocycles. The Bertz CT molecular complexity index is 524. The van der Waals surface area contributed by atoms with Gasteiger partial charge < -0.3 is 5.32 Å². The van der Waals surface area contributed by atoms with Gasteiger partial charge in [0.2, 0.25) is 0 Å². The molecular weight excluding hydrogens is 279 g/mol. The fraction of sp³-hybridized carbons (Fsp3) is 0.733. The number of alkyl halides is 3. The predicted molar refractivity (Wildman–Crippen MR) is 73.1 cm³/mol. The van der Waals surface area contributed by atoms with E-state index < -0.39 is 12.6 Å². The van der Waals surface area contributed by atoms with Crippen LogP contribution in [0.5, 0.6) is 0 Å². The van der Waals surface area contributed by atoms with Crippen LogP contribution in [-0.4, -0.2) is 28.7 Å². The molecule has 1 fully saturated rings. The molecule has 0 aliphatic heterocycles. The summed E-state index contributed by atoms with van der Waals surface area (Å²) < 4.78 is 37.4. The molecule has 116 valence electrons. The summed E-state index contributed by atoms with van der Waals surface area (Å²) in [5.41, 5.74) is 2.61. The van der Waals surface area contributed by atoms with Crippen molar-refractivity contribution in [1.29, 1.82) is 0 Å². The maximum absolute atomic E-state index is 12.5. The fourth-order valence-corrected chi connectivity index (χ4v) is 2.98. The number of halogens is 3. The third-order valence-corrected chi connectivity index (χ3v) is 4.26. The number of aryl methyl sites for hydroxylation is 2. The Morgan fingerprint density at radius 3 is 2.62 bits per heavy atom. The summed E-state index contributed by atoms with van der Waals surface area (Å²) in [4.78, 5) is 8.21. The molecule has 0 aromatic carbocycles. The van der Waals surface area contributed by atoms with Crippen LogP contribution < -0.4 is 5.32 Å². The van der Waals surface area contributed by atoms with Gasteiger partial charge in [0.1, 0.15) is 12.2 Å². The molecule has 0 spiro atoms. The van der Waals surface area contributed by atoms with E-state index in [4.69, 9.17) is 0 Å². The van der Waals surface area contributed by atoms with Crippen LogP contribution in [0.2, 0.25) is 0 Å². The third-order valence-electron chi connectivity index (χ3n) is 4.26. The highest BCUT2D eigenvalue weighted by Crippen LogP contribution is 2.28. The van der Waals surface area contributed by atoms with Crippen LogP contribution in [0.3, 0.4) is 0 Å². The molecule has 1 N–H and O–H groups in total. The molecule has 0 radical (unpaired) electrons. The van der Waals surface area contributed by atoms with Crippen molar-refractivity contribution in [1.82, 2.24) is 15.3 Å². The zero-order chi connectivity index (χ0) is 15.0. The first-order valence-electron chi connectivity index (χ1n) is 7.56. The van der Waals surface area contributed by atoms with Gasteiger partial charge >= 0.3 is 6.18 Å². The molecule has 1 atom stereocenters. The molecule has 3 nitrogen and oxygen atoms in total. The van der Waals surface area contributed by atoms with Crippen molar-refractivity contribution in [2.75, 3.05) is 6.54 Å². The van der Waals surface area contributed by atoms with E-state index >= 15 is 0 Å². The molecule has 0 bridgehead atoms. The van der Waals surface area contributed by atoms with E-state index in [-0.39, 0.29) is 5.82 Å². The van der Waals surface area contributed by atoms with Crippen LogP contribution in [0, 0.1) is 12.8 Å². The lowest BCUT2D eigenvalue weighted by atomic mass is 9.85. The summed E-state index contributed by atoms with van der Waals surface area (Å²) >= 11 is 0. The van der Waals surface area contributed by atoms with Crippen molar-refractivity contribution in [2.24, 2.45) is 5.92 Å². The number of nitrogens with zero attached hydrogens (tertiary/aromatic N) is 2. The SMILES string of the molecule is Cc1nc(CC(F)(F)F)nc2c1CC(CNC1CC1)CC2. The van der Waals surface area contributed by atoms with Crippen molar-refractivity contribution < 1.29 is 13.2 Å². The number of hydrogen-bond donors (Lipinski definition) is 1. The Kier molecular flexibility index (Phi) is 3.90. The second-order valence-electron chi connectivity index (χ2n) is 6.23. The molecule has 1 aromatic heterocycles. The largest absolute Gasteiger partial charge is 0.396 e. The maximum Gasteiger partial charge on any atom is 0.396 e. The minimum atomic E-state index is -4.24. The molecule has 1 unspecified atom stereocenters. The minimum absolute atomic E-state index is 0.0895. The fourth-order valence-electron chi connectivity index (χ4n) is 2.98. The molecule has 2 aliphatic rings. The predicted octanol–water partition coefficient (Wildman–Crippen LogP) is 2.75. The number of hydrogen-bond acceptors (Lipinski definition) is 3. The van der Waals surface area contributed by atoms with Crippen LogP contribution in [0.15, 0.2) is 0 Å². The van der Waals surface area contributed by atoms with Gasteiger partial charge in [-0.2, -0.15) is 13.2 Å². The number of fused-ring (bicyclic) bond motifs is 1. The number of nitrogens with one attached hydrogen (secondary N) is 1. The van der Waals surface area contributed by atoms with Crippen molar-refractivity contribution >= 4 is 0 Å². The van der Waals surface area contributed by atoms with E-state index in [1.807, 2.05) is 0 Å². The first-order chi connectivity index (χ1) is 9.90. The third kappa shape index (κ3) is 3.93. The van der Waals surface area contributed by atoms with Crippen LogP contribution in [0.25, 0.3) is 0 Å². The molecule has 21 heavy (non-hydrogen) atoms. The van der Waals surface area contributed by atoms with Crippen molar-refractivity contribution in [2.45, 2.75) is 57.7 Å². The van der Waals surface area contributed by atoms with Crippen LogP contribution >= 0.6 is 0 Å². The topological polar surface area (TPSA) is 37.8 Å². The molecule has 0 saturated heterocycles. The highest BCUT2D eigenvalue weighted by atomic mass is 19.4. The van der Waals surface area contributed by atoms with Crippen molar-refractivity contribution in [3.05, 3.63) is 22.8 Å². The average Bonchev–Trinajstić information content (AvgIpc) is 3.18.